The summed E-state index contributed by atoms with van der Waals surface area (Å²) in [6.45, 7) is 1.82. The van der Waals surface area contributed by atoms with E-state index in [4.69, 9.17) is 10.0 Å². The van der Waals surface area contributed by atoms with Crippen LogP contribution in [0.25, 0.3) is 0 Å². The number of hydrogen-bond donors (Lipinski definition) is 2. The minimum absolute atomic E-state index is 0.0811. The van der Waals surface area contributed by atoms with Gasteiger partial charge in [-0.25, -0.2) is 4.39 Å². The van der Waals surface area contributed by atoms with Gasteiger partial charge in [0.1, 0.15) is 5.82 Å². The van der Waals surface area contributed by atoms with E-state index in [0.29, 0.717) is 6.42 Å². The summed E-state index contributed by atoms with van der Waals surface area (Å²) in [5.74, 6) is -0.949. The van der Waals surface area contributed by atoms with E-state index in [-0.39, 0.29) is 23.2 Å². The lowest BCUT2D eigenvalue weighted by Gasteiger charge is -2.04. The minimum Gasteiger partial charge on any atom is -0.423 e. The smallest absolute Gasteiger partial charge is 0.423 e. The van der Waals surface area contributed by atoms with Crippen LogP contribution in [0.2, 0.25) is 0 Å². The van der Waals surface area contributed by atoms with E-state index >= 15 is 0 Å². The summed E-state index contributed by atoms with van der Waals surface area (Å²) < 4.78 is 13.2. The number of halogens is 1. The van der Waals surface area contributed by atoms with Crippen LogP contribution in [0.4, 0.5) is 4.39 Å². The second kappa shape index (κ2) is 5.05. The van der Waals surface area contributed by atoms with Gasteiger partial charge in [0.2, 0.25) is 0 Å². The minimum atomic E-state index is -1.68. The third-order valence-electron chi connectivity index (χ3n) is 2.07. The van der Waals surface area contributed by atoms with Crippen LogP contribution in [0.15, 0.2) is 18.2 Å². The van der Waals surface area contributed by atoms with E-state index in [1.807, 2.05) is 6.92 Å². The van der Waals surface area contributed by atoms with Crippen molar-refractivity contribution in [2.75, 3.05) is 0 Å². The van der Waals surface area contributed by atoms with Gasteiger partial charge in [0.05, 0.1) is 5.56 Å². The van der Waals surface area contributed by atoms with Crippen molar-refractivity contribution in [3.63, 3.8) is 0 Å². The van der Waals surface area contributed by atoms with Gasteiger partial charge in [0.25, 0.3) is 0 Å². The van der Waals surface area contributed by atoms with Crippen molar-refractivity contribution in [1.29, 1.82) is 0 Å². The Balaban J connectivity index is 3.05. The maximum absolute atomic E-state index is 13.2. The third kappa shape index (κ3) is 2.87. The Morgan fingerprint density at radius 2 is 2.13 bits per heavy atom. The first-order chi connectivity index (χ1) is 7.06. The Morgan fingerprint density at radius 3 is 2.67 bits per heavy atom. The number of Topliss-reactive ketones (excluding diaryl/α,β-unsaturated/α-hetero) is 1. The summed E-state index contributed by atoms with van der Waals surface area (Å²) in [6, 6.07) is 3.48. The molecule has 80 valence electrons. The molecule has 1 aromatic rings. The topological polar surface area (TPSA) is 57.5 Å². The summed E-state index contributed by atoms with van der Waals surface area (Å²) in [5, 5.41) is 17.7. The van der Waals surface area contributed by atoms with Crippen molar-refractivity contribution < 1.29 is 19.2 Å². The Hall–Kier alpha value is -1.20. The molecule has 0 unspecified atom stereocenters. The second-order valence-electron chi connectivity index (χ2n) is 3.29. The van der Waals surface area contributed by atoms with Crippen LogP contribution in [-0.4, -0.2) is 22.9 Å². The van der Waals surface area contributed by atoms with Crippen LogP contribution in [0.3, 0.4) is 0 Å². The van der Waals surface area contributed by atoms with E-state index in [0.717, 1.165) is 6.07 Å². The molecule has 0 saturated carbocycles. The number of hydrogen-bond acceptors (Lipinski definition) is 3. The monoisotopic (exact) mass is 210 g/mol. The van der Waals surface area contributed by atoms with E-state index in [1.54, 1.807) is 0 Å². The molecule has 0 bridgehead atoms. The molecule has 1 aromatic carbocycles. The van der Waals surface area contributed by atoms with Gasteiger partial charge in [-0.15, -0.1) is 0 Å². The van der Waals surface area contributed by atoms with Crippen LogP contribution in [0.5, 0.6) is 0 Å². The van der Waals surface area contributed by atoms with Gasteiger partial charge in [-0.1, -0.05) is 13.0 Å². The van der Waals surface area contributed by atoms with Crippen LogP contribution >= 0.6 is 0 Å². The van der Waals surface area contributed by atoms with E-state index in [1.165, 1.54) is 12.1 Å². The fraction of sp³-hybridized carbons (Fsp3) is 0.300. The molecule has 0 aliphatic heterocycles. The maximum atomic E-state index is 13.2. The maximum Gasteiger partial charge on any atom is 0.488 e. The quantitative estimate of drug-likeness (QED) is 0.561. The highest BCUT2D eigenvalue weighted by Crippen LogP contribution is 2.09. The van der Waals surface area contributed by atoms with E-state index in [2.05, 4.69) is 0 Å². The van der Waals surface area contributed by atoms with Crippen LogP contribution in [0, 0.1) is 5.82 Å². The Labute approximate surface area is 87.7 Å². The summed E-state index contributed by atoms with van der Waals surface area (Å²) in [7, 11) is -1.68. The predicted molar refractivity (Wildman–Crippen MR) is 55.5 cm³/mol. The van der Waals surface area contributed by atoms with Crippen molar-refractivity contribution in [3.8, 4) is 0 Å². The molecule has 1 rings (SSSR count). The molecule has 0 amide bonds. The Bertz CT molecular complexity index is 366. The van der Waals surface area contributed by atoms with Crippen molar-refractivity contribution in [2.24, 2.45) is 0 Å². The zero-order valence-electron chi connectivity index (χ0n) is 8.40. The lowest BCUT2D eigenvalue weighted by atomic mass is 9.79. The standard InChI is InChI=1S/C10H12BFO3/c1-2-3-10(13)8-6-7(11(14)15)4-5-9(8)12/h4-6,14-15H,2-3H2,1H3. The van der Waals surface area contributed by atoms with Crippen LogP contribution < -0.4 is 5.46 Å². The SMILES string of the molecule is CCCC(=O)c1cc(B(O)O)ccc1F. The number of rotatable bonds is 4. The third-order valence-corrected chi connectivity index (χ3v) is 2.07. The molecule has 0 spiro atoms. The first kappa shape index (κ1) is 11.9. The van der Waals surface area contributed by atoms with Crippen molar-refractivity contribution in [3.05, 3.63) is 29.6 Å². The van der Waals surface area contributed by atoms with Crippen molar-refractivity contribution >= 4 is 18.4 Å². The molecule has 0 aromatic heterocycles. The van der Waals surface area contributed by atoms with Crippen LogP contribution in [-0.2, 0) is 0 Å². The second-order valence-corrected chi connectivity index (χ2v) is 3.29. The van der Waals surface area contributed by atoms with Gasteiger partial charge in [-0.05, 0) is 24.0 Å². The number of benzene rings is 1. The van der Waals surface area contributed by atoms with Gasteiger partial charge in [0.15, 0.2) is 5.78 Å². The number of carbonyl (C=O) groups excluding carboxylic acids is 1. The van der Waals surface area contributed by atoms with Gasteiger partial charge in [-0.3, -0.25) is 4.79 Å². The number of carbonyl (C=O) groups is 1. The molecule has 15 heavy (non-hydrogen) atoms. The molecule has 0 aliphatic carbocycles. The molecule has 3 nitrogen and oxygen atoms in total. The lowest BCUT2D eigenvalue weighted by Crippen LogP contribution is -2.30. The van der Waals surface area contributed by atoms with Crippen LogP contribution in [0.1, 0.15) is 30.1 Å². The zero-order chi connectivity index (χ0) is 11.4. The van der Waals surface area contributed by atoms with E-state index in [9.17, 15) is 9.18 Å². The first-order valence-electron chi connectivity index (χ1n) is 4.75. The fourth-order valence-corrected chi connectivity index (χ4v) is 1.28. The molecule has 0 saturated heterocycles. The summed E-state index contributed by atoms with van der Waals surface area (Å²) in [4.78, 5) is 11.4. The summed E-state index contributed by atoms with van der Waals surface area (Å²) >= 11 is 0. The fourth-order valence-electron chi connectivity index (χ4n) is 1.28. The molecule has 0 fully saturated rings. The highest BCUT2D eigenvalue weighted by Gasteiger charge is 2.16. The molecule has 0 heterocycles. The predicted octanol–water partition coefficient (Wildman–Crippen LogP) is 0.488. The van der Waals surface area contributed by atoms with Crippen molar-refractivity contribution in [1.82, 2.24) is 0 Å². The van der Waals surface area contributed by atoms with Gasteiger partial charge >= 0.3 is 7.12 Å². The molecule has 0 aliphatic rings. The highest BCUT2D eigenvalue weighted by atomic mass is 19.1. The van der Waals surface area contributed by atoms with Gasteiger partial charge < -0.3 is 10.0 Å². The lowest BCUT2D eigenvalue weighted by molar-refractivity contribution is 0.0978. The molecule has 0 atom stereocenters. The highest BCUT2D eigenvalue weighted by molar-refractivity contribution is 6.58. The summed E-state index contributed by atoms with van der Waals surface area (Å²) in [6.07, 6.45) is 0.881. The average molecular weight is 210 g/mol. The van der Waals surface area contributed by atoms with Crippen molar-refractivity contribution in [2.45, 2.75) is 19.8 Å². The Morgan fingerprint density at radius 1 is 1.47 bits per heavy atom. The molecule has 0 radical (unpaired) electrons. The van der Waals surface area contributed by atoms with E-state index < -0.39 is 12.9 Å². The molecular weight excluding hydrogens is 198 g/mol. The average Bonchev–Trinajstić information content (AvgIpc) is 2.18. The van der Waals surface area contributed by atoms with Gasteiger partial charge in [0, 0.05) is 6.42 Å². The molecular formula is C10H12BFO3. The molecule has 2 N–H and O–H groups in total. The Kier molecular flexibility index (Phi) is 4.00. The summed E-state index contributed by atoms with van der Waals surface area (Å²) in [5.41, 5.74) is 0.0401. The number of ketones is 1. The normalized spacial score (nSPS) is 10.1. The largest absolute Gasteiger partial charge is 0.488 e. The zero-order valence-corrected chi connectivity index (χ0v) is 8.40. The molecule has 5 heteroatoms. The van der Waals surface area contributed by atoms with Gasteiger partial charge in [-0.2, -0.15) is 0 Å². The first-order valence-corrected chi connectivity index (χ1v) is 4.75.